The van der Waals surface area contributed by atoms with E-state index in [1.807, 2.05) is 0 Å². The average molecular weight is 350 g/mol. The van der Waals surface area contributed by atoms with Gasteiger partial charge in [0.1, 0.15) is 11.6 Å². The van der Waals surface area contributed by atoms with Crippen LogP contribution in [0, 0.1) is 5.82 Å². The molecular formula is C14H9BrFN3O2. The van der Waals surface area contributed by atoms with Crippen LogP contribution in [0.15, 0.2) is 45.4 Å². The summed E-state index contributed by atoms with van der Waals surface area (Å²) in [7, 11) is 0. The summed E-state index contributed by atoms with van der Waals surface area (Å²) in [5.74, 6) is 0.212. The van der Waals surface area contributed by atoms with Crippen molar-refractivity contribution >= 4 is 21.6 Å². The van der Waals surface area contributed by atoms with E-state index in [9.17, 15) is 9.50 Å². The summed E-state index contributed by atoms with van der Waals surface area (Å²) in [6.07, 6.45) is 0. The minimum atomic E-state index is -0.367. The van der Waals surface area contributed by atoms with Crippen LogP contribution in [0.4, 0.5) is 10.1 Å². The number of nitrogen functional groups attached to an aromatic ring is 1. The van der Waals surface area contributed by atoms with Gasteiger partial charge in [0.05, 0.1) is 10.2 Å². The van der Waals surface area contributed by atoms with Crippen molar-refractivity contribution < 1.29 is 14.0 Å². The largest absolute Gasteiger partial charge is 0.506 e. The van der Waals surface area contributed by atoms with Crippen LogP contribution >= 0.6 is 15.9 Å². The summed E-state index contributed by atoms with van der Waals surface area (Å²) in [6, 6.07) is 9.03. The zero-order valence-corrected chi connectivity index (χ0v) is 12.1. The topological polar surface area (TPSA) is 85.2 Å². The monoisotopic (exact) mass is 349 g/mol. The molecule has 0 amide bonds. The molecule has 0 aliphatic carbocycles. The fourth-order valence-corrected chi connectivity index (χ4v) is 2.16. The van der Waals surface area contributed by atoms with Gasteiger partial charge in [-0.3, -0.25) is 0 Å². The van der Waals surface area contributed by atoms with E-state index in [1.54, 1.807) is 18.2 Å². The Balaban J connectivity index is 1.99. The second-order valence-electron chi connectivity index (χ2n) is 4.33. The third-order valence-corrected chi connectivity index (χ3v) is 3.49. The van der Waals surface area contributed by atoms with Gasteiger partial charge in [0.15, 0.2) is 0 Å². The number of hydrogen-bond acceptors (Lipinski definition) is 5. The molecule has 5 nitrogen and oxygen atoms in total. The minimum Gasteiger partial charge on any atom is -0.506 e. The maximum atomic E-state index is 13.2. The molecule has 0 saturated carbocycles. The molecule has 2 aromatic carbocycles. The fraction of sp³-hybridized carbons (Fsp3) is 0. The summed E-state index contributed by atoms with van der Waals surface area (Å²) in [4.78, 5) is 4.23. The first kappa shape index (κ1) is 13.6. The summed E-state index contributed by atoms with van der Waals surface area (Å²) in [6.45, 7) is 0. The van der Waals surface area contributed by atoms with Gasteiger partial charge in [-0.15, -0.1) is 0 Å². The summed E-state index contributed by atoms with van der Waals surface area (Å²) >= 11 is 3.11. The maximum absolute atomic E-state index is 13.2. The Morgan fingerprint density at radius 1 is 1.14 bits per heavy atom. The Bertz CT molecular complexity index is 754. The number of phenolic OH excluding ortho intramolecular Hbond substituents is 1. The van der Waals surface area contributed by atoms with Crippen molar-refractivity contribution in [3.05, 3.63) is 46.7 Å². The second kappa shape index (κ2) is 5.17. The quantitative estimate of drug-likeness (QED) is 0.545. The molecule has 3 aromatic rings. The molecule has 0 bridgehead atoms. The number of nitrogens with zero attached hydrogens (tertiary/aromatic N) is 2. The van der Waals surface area contributed by atoms with Crippen LogP contribution in [0.1, 0.15) is 0 Å². The summed E-state index contributed by atoms with van der Waals surface area (Å²) < 4.78 is 18.7. The van der Waals surface area contributed by atoms with Gasteiger partial charge in [-0.05, 0) is 52.3 Å². The standard InChI is InChI=1S/C14H9BrFN3O2/c15-9-5-7(1-3-10(9)16)13-18-14(21-19-13)8-2-4-12(20)11(17)6-8/h1-6,20H,17H2. The molecule has 7 heteroatoms. The number of aromatic nitrogens is 2. The lowest BCUT2D eigenvalue weighted by Crippen LogP contribution is -1.87. The van der Waals surface area contributed by atoms with Crippen molar-refractivity contribution in [2.75, 3.05) is 5.73 Å². The zero-order valence-electron chi connectivity index (χ0n) is 10.5. The van der Waals surface area contributed by atoms with E-state index in [0.717, 1.165) is 0 Å². The molecule has 1 aromatic heterocycles. The normalized spacial score (nSPS) is 10.8. The van der Waals surface area contributed by atoms with Gasteiger partial charge >= 0.3 is 0 Å². The second-order valence-corrected chi connectivity index (χ2v) is 5.18. The van der Waals surface area contributed by atoms with Crippen LogP contribution in [0.25, 0.3) is 22.8 Å². The number of benzene rings is 2. The van der Waals surface area contributed by atoms with Gasteiger partial charge in [0.2, 0.25) is 5.82 Å². The molecule has 0 fully saturated rings. The third-order valence-electron chi connectivity index (χ3n) is 2.88. The molecule has 0 radical (unpaired) electrons. The van der Waals surface area contributed by atoms with Gasteiger partial charge < -0.3 is 15.4 Å². The van der Waals surface area contributed by atoms with Crippen molar-refractivity contribution in [3.8, 4) is 28.6 Å². The highest BCUT2D eigenvalue weighted by molar-refractivity contribution is 9.10. The van der Waals surface area contributed by atoms with Crippen LogP contribution in [0.3, 0.4) is 0 Å². The van der Waals surface area contributed by atoms with E-state index in [-0.39, 0.29) is 23.1 Å². The molecule has 3 N–H and O–H groups in total. The van der Waals surface area contributed by atoms with Gasteiger partial charge in [-0.1, -0.05) is 5.16 Å². The summed E-state index contributed by atoms with van der Waals surface area (Å²) in [5.41, 5.74) is 7.05. The first-order valence-electron chi connectivity index (χ1n) is 5.92. The first-order chi connectivity index (χ1) is 10.0. The number of aromatic hydroxyl groups is 1. The van der Waals surface area contributed by atoms with E-state index in [2.05, 4.69) is 26.1 Å². The highest BCUT2D eigenvalue weighted by atomic mass is 79.9. The predicted molar refractivity (Wildman–Crippen MR) is 78.9 cm³/mol. The molecule has 106 valence electrons. The van der Waals surface area contributed by atoms with Crippen molar-refractivity contribution in [3.63, 3.8) is 0 Å². The molecule has 0 spiro atoms. The van der Waals surface area contributed by atoms with Crippen LogP contribution in [0.5, 0.6) is 5.75 Å². The van der Waals surface area contributed by atoms with E-state index in [0.29, 0.717) is 21.4 Å². The van der Waals surface area contributed by atoms with Crippen LogP contribution in [-0.2, 0) is 0 Å². The number of rotatable bonds is 2. The molecule has 21 heavy (non-hydrogen) atoms. The van der Waals surface area contributed by atoms with Crippen molar-refractivity contribution in [2.24, 2.45) is 0 Å². The Kier molecular flexibility index (Phi) is 3.34. The third kappa shape index (κ3) is 2.59. The number of anilines is 1. The lowest BCUT2D eigenvalue weighted by Gasteiger charge is -1.99. The molecule has 0 saturated heterocycles. The molecule has 3 rings (SSSR count). The molecular weight excluding hydrogens is 341 g/mol. The molecule has 0 atom stereocenters. The highest BCUT2D eigenvalue weighted by Gasteiger charge is 2.13. The average Bonchev–Trinajstić information content (AvgIpc) is 2.94. The van der Waals surface area contributed by atoms with Crippen LogP contribution < -0.4 is 5.73 Å². The van der Waals surface area contributed by atoms with E-state index in [1.165, 1.54) is 18.2 Å². The lowest BCUT2D eigenvalue weighted by atomic mass is 10.2. The Hall–Kier alpha value is -2.41. The van der Waals surface area contributed by atoms with Gasteiger partial charge in [0, 0.05) is 11.1 Å². The number of nitrogens with two attached hydrogens (primary N) is 1. The van der Waals surface area contributed by atoms with Crippen molar-refractivity contribution in [2.45, 2.75) is 0 Å². The fourth-order valence-electron chi connectivity index (χ4n) is 1.78. The SMILES string of the molecule is Nc1cc(-c2nc(-c3ccc(F)c(Br)c3)no2)ccc1O. The molecule has 0 aliphatic rings. The van der Waals surface area contributed by atoms with Gasteiger partial charge in [-0.25, -0.2) is 4.39 Å². The van der Waals surface area contributed by atoms with Crippen molar-refractivity contribution in [1.29, 1.82) is 0 Å². The predicted octanol–water partition coefficient (Wildman–Crippen LogP) is 3.59. The number of hydrogen-bond donors (Lipinski definition) is 2. The van der Waals surface area contributed by atoms with Crippen LogP contribution in [-0.4, -0.2) is 15.2 Å². The molecule has 0 unspecified atom stereocenters. The first-order valence-corrected chi connectivity index (χ1v) is 6.72. The zero-order chi connectivity index (χ0) is 15.0. The van der Waals surface area contributed by atoms with E-state index >= 15 is 0 Å². The summed E-state index contributed by atoms with van der Waals surface area (Å²) in [5, 5.41) is 13.3. The van der Waals surface area contributed by atoms with Crippen LogP contribution in [0.2, 0.25) is 0 Å². The lowest BCUT2D eigenvalue weighted by molar-refractivity contribution is 0.432. The van der Waals surface area contributed by atoms with Gasteiger partial charge in [0.25, 0.3) is 5.89 Å². The van der Waals surface area contributed by atoms with Gasteiger partial charge in [-0.2, -0.15) is 4.98 Å². The minimum absolute atomic E-state index is 0.0130. The number of phenols is 1. The highest BCUT2D eigenvalue weighted by Crippen LogP contribution is 2.29. The Labute approximate surface area is 127 Å². The van der Waals surface area contributed by atoms with Crippen molar-refractivity contribution in [1.82, 2.24) is 10.1 Å². The van der Waals surface area contributed by atoms with E-state index < -0.39 is 0 Å². The Morgan fingerprint density at radius 3 is 2.62 bits per heavy atom. The number of halogens is 2. The Morgan fingerprint density at radius 2 is 1.90 bits per heavy atom. The molecule has 1 heterocycles. The maximum Gasteiger partial charge on any atom is 0.258 e. The smallest absolute Gasteiger partial charge is 0.258 e. The van der Waals surface area contributed by atoms with E-state index in [4.69, 9.17) is 10.3 Å². The molecule has 0 aliphatic heterocycles.